The van der Waals surface area contributed by atoms with Crippen molar-refractivity contribution in [1.82, 2.24) is 0 Å². The fraction of sp³-hybridized carbons (Fsp3) is 0.444. The van der Waals surface area contributed by atoms with Crippen LogP contribution in [0.2, 0.25) is 0 Å². The van der Waals surface area contributed by atoms with Gasteiger partial charge in [0.25, 0.3) is 0 Å². The van der Waals surface area contributed by atoms with Gasteiger partial charge in [-0.3, -0.25) is 9.59 Å². The average Bonchev–Trinajstić information content (AvgIpc) is 3.16. The summed E-state index contributed by atoms with van der Waals surface area (Å²) in [5.41, 5.74) is 1.22. The van der Waals surface area contributed by atoms with Crippen molar-refractivity contribution in [3.63, 3.8) is 0 Å². The highest BCUT2D eigenvalue weighted by Crippen LogP contribution is 2.53. The highest BCUT2D eigenvalue weighted by Gasteiger charge is 2.67. The predicted octanol–water partition coefficient (Wildman–Crippen LogP) is 1.84. The summed E-state index contributed by atoms with van der Waals surface area (Å²) in [7, 11) is 0. The van der Waals surface area contributed by atoms with Gasteiger partial charge in [-0.15, -0.1) is 0 Å². The number of carbonyl (C=O) groups is 2. The van der Waals surface area contributed by atoms with Crippen LogP contribution in [0.15, 0.2) is 36.4 Å². The van der Waals surface area contributed by atoms with Crippen molar-refractivity contribution in [1.29, 1.82) is 0 Å². The molecule has 3 aliphatic rings. The van der Waals surface area contributed by atoms with E-state index < -0.39 is 17.4 Å². The molecule has 0 unspecified atom stereocenters. The number of ether oxygens (including phenoxy) is 2. The predicted molar refractivity (Wildman–Crippen MR) is 83.9 cm³/mol. The molecule has 0 saturated carbocycles. The van der Waals surface area contributed by atoms with Crippen LogP contribution < -0.4 is 4.90 Å². The van der Waals surface area contributed by atoms with Gasteiger partial charge in [0, 0.05) is 5.69 Å². The first-order chi connectivity index (χ1) is 11.1. The molecule has 1 amide bonds. The fourth-order valence-electron chi connectivity index (χ4n) is 4.08. The number of benzene rings is 1. The van der Waals surface area contributed by atoms with Crippen molar-refractivity contribution in [3.05, 3.63) is 42.0 Å². The van der Waals surface area contributed by atoms with Crippen molar-refractivity contribution in [2.24, 2.45) is 11.8 Å². The molecular weight excluding hydrogens is 294 g/mol. The van der Waals surface area contributed by atoms with Gasteiger partial charge in [-0.1, -0.05) is 30.4 Å². The molecule has 0 N–H and O–H groups in total. The Bertz CT molecular complexity index is 713. The molecule has 3 heterocycles. The Labute approximate surface area is 134 Å². The molecule has 3 aliphatic heterocycles. The van der Waals surface area contributed by atoms with Crippen LogP contribution in [0.25, 0.3) is 0 Å². The molecule has 0 aromatic heterocycles. The quantitative estimate of drug-likeness (QED) is 0.631. The molecule has 2 fully saturated rings. The van der Waals surface area contributed by atoms with E-state index in [9.17, 15) is 9.59 Å². The molecule has 1 aromatic rings. The van der Waals surface area contributed by atoms with Crippen molar-refractivity contribution < 1.29 is 19.1 Å². The highest BCUT2D eigenvalue weighted by molar-refractivity contribution is 6.03. The Morgan fingerprint density at radius 2 is 2.22 bits per heavy atom. The van der Waals surface area contributed by atoms with E-state index in [0.717, 1.165) is 11.3 Å². The minimum atomic E-state index is -0.693. The van der Waals surface area contributed by atoms with Gasteiger partial charge in [-0.2, -0.15) is 0 Å². The van der Waals surface area contributed by atoms with E-state index in [2.05, 4.69) is 0 Å². The summed E-state index contributed by atoms with van der Waals surface area (Å²) in [6.45, 7) is 4.50. The first-order valence-corrected chi connectivity index (χ1v) is 7.98. The highest BCUT2D eigenvalue weighted by atomic mass is 16.6. The lowest BCUT2D eigenvalue weighted by Gasteiger charge is -2.22. The zero-order chi connectivity index (χ0) is 16.2. The summed E-state index contributed by atoms with van der Waals surface area (Å²) in [4.78, 5) is 27.1. The first-order valence-electron chi connectivity index (χ1n) is 7.98. The largest absolute Gasteiger partial charge is 0.466 e. The third-order valence-corrected chi connectivity index (χ3v) is 5.07. The van der Waals surface area contributed by atoms with Crippen LogP contribution in [0.5, 0.6) is 0 Å². The Hall–Kier alpha value is -2.14. The van der Waals surface area contributed by atoms with E-state index in [-0.39, 0.29) is 18.0 Å². The van der Waals surface area contributed by atoms with E-state index in [1.54, 1.807) is 11.8 Å². The summed E-state index contributed by atoms with van der Waals surface area (Å²) < 4.78 is 11.2. The number of hydrogen-bond acceptors (Lipinski definition) is 4. The number of carbonyl (C=O) groups excluding carboxylic acids is 2. The smallest absolute Gasteiger partial charge is 0.312 e. The molecular formula is C18H19NO4. The maximum Gasteiger partial charge on any atom is 0.312 e. The van der Waals surface area contributed by atoms with Gasteiger partial charge in [0.15, 0.2) is 0 Å². The fourth-order valence-corrected chi connectivity index (χ4v) is 4.08. The zero-order valence-corrected chi connectivity index (χ0v) is 13.2. The van der Waals surface area contributed by atoms with E-state index in [1.165, 1.54) is 0 Å². The van der Waals surface area contributed by atoms with E-state index >= 15 is 0 Å². The van der Waals surface area contributed by atoms with Crippen LogP contribution >= 0.6 is 0 Å². The van der Waals surface area contributed by atoms with Crippen LogP contribution in [-0.4, -0.2) is 36.7 Å². The number of anilines is 1. The second-order valence-electron chi connectivity index (χ2n) is 6.36. The van der Waals surface area contributed by atoms with Crippen LogP contribution in [0.4, 0.5) is 5.69 Å². The number of hydrogen-bond donors (Lipinski definition) is 0. The van der Waals surface area contributed by atoms with Crippen LogP contribution in [0, 0.1) is 18.8 Å². The monoisotopic (exact) mass is 313 g/mol. The number of esters is 1. The first kappa shape index (κ1) is 14.5. The molecule has 0 aliphatic carbocycles. The van der Waals surface area contributed by atoms with Crippen LogP contribution in [0.1, 0.15) is 12.5 Å². The molecule has 4 atom stereocenters. The van der Waals surface area contributed by atoms with Gasteiger partial charge in [-0.25, -0.2) is 0 Å². The van der Waals surface area contributed by atoms with Crippen molar-refractivity contribution >= 4 is 17.6 Å². The van der Waals surface area contributed by atoms with Gasteiger partial charge in [-0.05, 0) is 25.5 Å². The molecule has 120 valence electrons. The molecule has 0 radical (unpaired) electrons. The number of rotatable bonds is 3. The number of para-hydroxylation sites is 1. The minimum Gasteiger partial charge on any atom is -0.466 e. The molecule has 23 heavy (non-hydrogen) atoms. The minimum absolute atomic E-state index is 0.0517. The number of aryl methyl sites for hydroxylation is 1. The third kappa shape index (κ3) is 1.89. The number of amides is 1. The van der Waals surface area contributed by atoms with Crippen molar-refractivity contribution in [3.8, 4) is 0 Å². The van der Waals surface area contributed by atoms with Crippen molar-refractivity contribution in [2.45, 2.75) is 25.6 Å². The average molecular weight is 313 g/mol. The van der Waals surface area contributed by atoms with Gasteiger partial charge in [0.2, 0.25) is 5.91 Å². The Morgan fingerprint density at radius 3 is 2.96 bits per heavy atom. The summed E-state index contributed by atoms with van der Waals surface area (Å²) in [5.74, 6) is -1.42. The molecule has 1 aromatic carbocycles. The summed E-state index contributed by atoms with van der Waals surface area (Å²) >= 11 is 0. The molecule has 2 bridgehead atoms. The summed E-state index contributed by atoms with van der Waals surface area (Å²) in [6, 6.07) is 7.77. The molecule has 2 saturated heterocycles. The molecule has 5 heteroatoms. The third-order valence-electron chi connectivity index (χ3n) is 5.07. The lowest BCUT2D eigenvalue weighted by atomic mass is 9.77. The summed E-state index contributed by atoms with van der Waals surface area (Å²) in [6.07, 6.45) is 3.50. The Kier molecular flexibility index (Phi) is 3.10. The zero-order valence-electron chi connectivity index (χ0n) is 13.2. The van der Waals surface area contributed by atoms with Crippen LogP contribution in [0.3, 0.4) is 0 Å². The molecule has 1 spiro atoms. The number of nitrogens with zero attached hydrogens (tertiary/aromatic N) is 1. The van der Waals surface area contributed by atoms with Gasteiger partial charge < -0.3 is 14.4 Å². The second-order valence-corrected chi connectivity index (χ2v) is 6.36. The van der Waals surface area contributed by atoms with E-state index in [1.807, 2.05) is 43.3 Å². The van der Waals surface area contributed by atoms with Gasteiger partial charge in [0.05, 0.1) is 25.2 Å². The molecule has 4 rings (SSSR count). The molecule has 5 nitrogen and oxygen atoms in total. The van der Waals surface area contributed by atoms with Crippen molar-refractivity contribution in [2.75, 3.05) is 18.1 Å². The topological polar surface area (TPSA) is 55.8 Å². The van der Waals surface area contributed by atoms with E-state index in [4.69, 9.17) is 9.47 Å². The lowest BCUT2D eigenvalue weighted by Crippen LogP contribution is -2.40. The summed E-state index contributed by atoms with van der Waals surface area (Å²) in [5, 5.41) is 0. The van der Waals surface area contributed by atoms with E-state index in [0.29, 0.717) is 13.2 Å². The van der Waals surface area contributed by atoms with Crippen LogP contribution in [-0.2, 0) is 19.1 Å². The van der Waals surface area contributed by atoms with Gasteiger partial charge >= 0.3 is 5.97 Å². The lowest BCUT2D eigenvalue weighted by molar-refractivity contribution is -0.151. The normalized spacial score (nSPS) is 34.1. The second kappa shape index (κ2) is 4.93. The maximum absolute atomic E-state index is 13.0. The SMILES string of the molecule is CCOC(=O)[C@H]1[C@H]2C(=O)N(c3ccccc3C)C[C@@]23C=C[C@H]1O3. The number of fused-ring (bicyclic) bond motifs is 1. The van der Waals surface area contributed by atoms with Gasteiger partial charge in [0.1, 0.15) is 11.5 Å². The Morgan fingerprint density at radius 1 is 1.43 bits per heavy atom. The Balaban J connectivity index is 1.71. The standard InChI is InChI=1S/C18H19NO4/c1-3-22-17(21)14-13-8-9-18(23-13)10-19(16(20)15(14)18)12-7-5-4-6-11(12)2/h4-9,13-15H,3,10H2,1-2H3/t13-,14-,15+,18+/m1/s1. The maximum atomic E-state index is 13.0.